The van der Waals surface area contributed by atoms with Crippen LogP contribution in [-0.4, -0.2) is 30.9 Å². The molecule has 5 rings (SSSR count). The minimum Gasteiger partial charge on any atom is -0.490 e. The molecule has 1 amide bonds. The average molecular weight is 461 g/mol. The maximum absolute atomic E-state index is 12.8. The summed E-state index contributed by atoms with van der Waals surface area (Å²) in [6.45, 7) is 6.00. The van der Waals surface area contributed by atoms with Gasteiger partial charge in [0.05, 0.1) is 17.9 Å². The zero-order valence-electron chi connectivity index (χ0n) is 19.2. The molecule has 2 heterocycles. The van der Waals surface area contributed by atoms with Gasteiger partial charge in [-0.1, -0.05) is 24.3 Å². The van der Waals surface area contributed by atoms with Crippen molar-refractivity contribution in [1.82, 2.24) is 5.32 Å². The van der Waals surface area contributed by atoms with E-state index < -0.39 is 0 Å². The normalized spacial score (nSPS) is 15.8. The second-order valence-electron chi connectivity index (χ2n) is 9.02. The van der Waals surface area contributed by atoms with E-state index in [0.717, 1.165) is 35.7 Å². The summed E-state index contributed by atoms with van der Waals surface area (Å²) in [5.74, 6) is 1.55. The molecule has 1 N–H and O–H groups in total. The number of nitrogens with one attached hydrogen (secondary N) is 1. The van der Waals surface area contributed by atoms with Crippen LogP contribution in [0.1, 0.15) is 35.3 Å². The molecule has 0 saturated heterocycles. The largest absolute Gasteiger partial charge is 0.490 e. The lowest BCUT2D eigenvalue weighted by Gasteiger charge is -2.32. The van der Waals surface area contributed by atoms with Crippen molar-refractivity contribution in [3.8, 4) is 11.5 Å². The average Bonchev–Trinajstić information content (AvgIpc) is 3.16. The third-order valence-electron chi connectivity index (χ3n) is 6.06. The highest BCUT2D eigenvalue weighted by molar-refractivity contribution is 7.98. The third-order valence-corrected chi connectivity index (χ3v) is 6.80. The number of anilines is 2. The van der Waals surface area contributed by atoms with E-state index in [1.807, 2.05) is 30.3 Å². The molecule has 0 atom stereocenters. The van der Waals surface area contributed by atoms with E-state index in [1.54, 1.807) is 11.8 Å². The Morgan fingerprint density at radius 1 is 1.09 bits per heavy atom. The molecule has 170 valence electrons. The predicted octanol–water partition coefficient (Wildman–Crippen LogP) is 5.58. The van der Waals surface area contributed by atoms with Crippen LogP contribution in [0.25, 0.3) is 0 Å². The molecule has 2 aliphatic rings. The van der Waals surface area contributed by atoms with Crippen LogP contribution in [-0.2, 0) is 13.0 Å². The maximum atomic E-state index is 12.8. The molecule has 33 heavy (non-hydrogen) atoms. The summed E-state index contributed by atoms with van der Waals surface area (Å²) in [6.07, 6.45) is 2.95. The van der Waals surface area contributed by atoms with Crippen molar-refractivity contribution in [3.63, 3.8) is 0 Å². The first kappa shape index (κ1) is 21.7. The van der Waals surface area contributed by atoms with Crippen molar-refractivity contribution in [2.24, 2.45) is 0 Å². The number of hydrogen-bond acceptors (Lipinski definition) is 5. The zero-order valence-corrected chi connectivity index (χ0v) is 20.0. The third kappa shape index (κ3) is 4.40. The van der Waals surface area contributed by atoms with Crippen LogP contribution in [0, 0.1) is 0 Å². The summed E-state index contributed by atoms with van der Waals surface area (Å²) in [5, 5.41) is 3.01. The SMILES string of the molecule is CSc1ccc(CNC(=O)c2ccc3c(c2)OCCN3c2cccc3c2OC(C)(C)C3)cc1. The summed E-state index contributed by atoms with van der Waals surface area (Å²) in [4.78, 5) is 16.2. The number of thioether (sulfide) groups is 1. The van der Waals surface area contributed by atoms with Gasteiger partial charge in [0.25, 0.3) is 5.91 Å². The second kappa shape index (κ2) is 8.67. The fraction of sp³-hybridized carbons (Fsp3) is 0.296. The van der Waals surface area contributed by atoms with Crippen LogP contribution >= 0.6 is 11.8 Å². The van der Waals surface area contributed by atoms with Crippen molar-refractivity contribution in [3.05, 3.63) is 77.4 Å². The Morgan fingerprint density at radius 2 is 1.91 bits per heavy atom. The lowest BCUT2D eigenvalue weighted by Crippen LogP contribution is -2.30. The molecule has 0 aromatic heterocycles. The minimum absolute atomic E-state index is 0.113. The molecular weight excluding hydrogens is 432 g/mol. The number of fused-ring (bicyclic) bond motifs is 2. The fourth-order valence-corrected chi connectivity index (χ4v) is 4.86. The molecule has 0 bridgehead atoms. The summed E-state index contributed by atoms with van der Waals surface area (Å²) < 4.78 is 12.2. The Bertz CT molecular complexity index is 1190. The van der Waals surface area contributed by atoms with Crippen LogP contribution in [0.4, 0.5) is 11.4 Å². The van der Waals surface area contributed by atoms with E-state index in [4.69, 9.17) is 9.47 Å². The van der Waals surface area contributed by atoms with Gasteiger partial charge in [-0.25, -0.2) is 0 Å². The van der Waals surface area contributed by atoms with Gasteiger partial charge in [-0.05, 0) is 62.1 Å². The Morgan fingerprint density at radius 3 is 2.70 bits per heavy atom. The van der Waals surface area contributed by atoms with Crippen LogP contribution in [0.3, 0.4) is 0 Å². The van der Waals surface area contributed by atoms with Gasteiger partial charge in [0.2, 0.25) is 0 Å². The molecular formula is C27H28N2O3S. The standard InChI is InChI=1S/C27H28N2O3S/c1-27(2)16-20-5-4-6-23(25(20)32-27)29-13-14-31-24-15-19(9-12-22(24)29)26(30)28-17-18-7-10-21(33-3)11-8-18/h4-12,15H,13-14,16-17H2,1-3H3,(H,28,30). The van der Waals surface area contributed by atoms with E-state index in [0.29, 0.717) is 24.5 Å². The smallest absolute Gasteiger partial charge is 0.251 e. The monoisotopic (exact) mass is 460 g/mol. The van der Waals surface area contributed by atoms with Crippen molar-refractivity contribution < 1.29 is 14.3 Å². The van der Waals surface area contributed by atoms with Crippen molar-refractivity contribution in [1.29, 1.82) is 0 Å². The Kier molecular flexibility index (Phi) is 5.71. The van der Waals surface area contributed by atoms with Crippen molar-refractivity contribution in [2.75, 3.05) is 24.3 Å². The number of hydrogen-bond donors (Lipinski definition) is 1. The van der Waals surface area contributed by atoms with Gasteiger partial charge in [-0.3, -0.25) is 4.79 Å². The molecule has 3 aromatic rings. The van der Waals surface area contributed by atoms with Gasteiger partial charge in [0.15, 0.2) is 0 Å². The van der Waals surface area contributed by atoms with Crippen LogP contribution < -0.4 is 19.7 Å². The number of carbonyl (C=O) groups excluding carboxylic acids is 1. The molecule has 0 unspecified atom stereocenters. The molecule has 3 aromatic carbocycles. The van der Waals surface area contributed by atoms with Gasteiger partial charge < -0.3 is 19.7 Å². The lowest BCUT2D eigenvalue weighted by atomic mass is 10.0. The summed E-state index contributed by atoms with van der Waals surface area (Å²) >= 11 is 1.70. The van der Waals surface area contributed by atoms with Gasteiger partial charge in [0.1, 0.15) is 23.7 Å². The van der Waals surface area contributed by atoms with E-state index in [2.05, 4.69) is 60.7 Å². The summed E-state index contributed by atoms with van der Waals surface area (Å²) in [6, 6.07) is 20.2. The molecule has 0 spiro atoms. The van der Waals surface area contributed by atoms with E-state index >= 15 is 0 Å². The van der Waals surface area contributed by atoms with Crippen molar-refractivity contribution >= 4 is 29.0 Å². The van der Waals surface area contributed by atoms with Crippen LogP contribution in [0.2, 0.25) is 0 Å². The molecule has 6 heteroatoms. The Hall–Kier alpha value is -3.12. The highest BCUT2D eigenvalue weighted by atomic mass is 32.2. The first-order valence-electron chi connectivity index (χ1n) is 11.2. The van der Waals surface area contributed by atoms with Gasteiger partial charge >= 0.3 is 0 Å². The van der Waals surface area contributed by atoms with Gasteiger partial charge in [-0.15, -0.1) is 11.8 Å². The molecule has 0 radical (unpaired) electrons. The Balaban J connectivity index is 1.35. The molecule has 0 aliphatic carbocycles. The van der Waals surface area contributed by atoms with E-state index in [9.17, 15) is 4.79 Å². The van der Waals surface area contributed by atoms with Crippen LogP contribution in [0.15, 0.2) is 65.6 Å². The molecule has 5 nitrogen and oxygen atoms in total. The number of rotatable bonds is 5. The topological polar surface area (TPSA) is 50.8 Å². The maximum Gasteiger partial charge on any atom is 0.251 e. The van der Waals surface area contributed by atoms with Crippen molar-refractivity contribution in [2.45, 2.75) is 37.3 Å². The first-order chi connectivity index (χ1) is 15.9. The summed E-state index contributed by atoms with van der Waals surface area (Å²) in [7, 11) is 0. The van der Waals surface area contributed by atoms with Gasteiger partial charge in [-0.2, -0.15) is 0 Å². The second-order valence-corrected chi connectivity index (χ2v) is 9.90. The predicted molar refractivity (Wildman–Crippen MR) is 133 cm³/mol. The van der Waals surface area contributed by atoms with E-state index in [1.165, 1.54) is 10.5 Å². The number of ether oxygens (including phenoxy) is 2. The lowest BCUT2D eigenvalue weighted by molar-refractivity contribution is 0.0950. The highest BCUT2D eigenvalue weighted by Crippen LogP contribution is 2.46. The molecule has 2 aliphatic heterocycles. The molecule has 0 fully saturated rings. The first-order valence-corrected chi connectivity index (χ1v) is 12.4. The quantitative estimate of drug-likeness (QED) is 0.504. The number of amides is 1. The van der Waals surface area contributed by atoms with E-state index in [-0.39, 0.29) is 11.5 Å². The molecule has 0 saturated carbocycles. The summed E-state index contributed by atoms with van der Waals surface area (Å²) in [5.41, 5.74) is 4.69. The fourth-order valence-electron chi connectivity index (χ4n) is 4.45. The number of nitrogens with zero attached hydrogens (tertiary/aromatic N) is 1. The van der Waals surface area contributed by atoms with Crippen LogP contribution in [0.5, 0.6) is 11.5 Å². The van der Waals surface area contributed by atoms with Gasteiger partial charge in [0, 0.05) is 29.0 Å². The number of benzene rings is 3. The number of carbonyl (C=O) groups is 1. The Labute approximate surface area is 199 Å². The zero-order chi connectivity index (χ0) is 23.0. The highest BCUT2D eigenvalue weighted by Gasteiger charge is 2.34. The minimum atomic E-state index is -0.203. The number of para-hydroxylation sites is 1.